The lowest BCUT2D eigenvalue weighted by Crippen LogP contribution is -2.37. The van der Waals surface area contributed by atoms with Gasteiger partial charge in [0.2, 0.25) is 0 Å². The van der Waals surface area contributed by atoms with E-state index in [1.54, 1.807) is 0 Å². The van der Waals surface area contributed by atoms with Crippen LogP contribution >= 0.6 is 0 Å². The number of morpholine rings is 1. The lowest BCUT2D eigenvalue weighted by molar-refractivity contribution is 0.122. The molecule has 0 amide bonds. The number of para-hydroxylation sites is 1. The van der Waals surface area contributed by atoms with Crippen LogP contribution in [0.5, 0.6) is 5.75 Å². The highest BCUT2D eigenvalue weighted by atomic mass is 16.5. The van der Waals surface area contributed by atoms with E-state index in [1.165, 1.54) is 11.1 Å². The van der Waals surface area contributed by atoms with Crippen LogP contribution in [0.1, 0.15) is 25.0 Å². The monoisotopic (exact) mass is 339 g/mol. The van der Waals surface area contributed by atoms with Gasteiger partial charge in [-0.05, 0) is 31.5 Å². The molecule has 132 valence electrons. The Morgan fingerprint density at radius 1 is 1.16 bits per heavy atom. The molecular formula is C20H25N3O2. The van der Waals surface area contributed by atoms with Gasteiger partial charge in [0, 0.05) is 37.8 Å². The third-order valence-electron chi connectivity index (χ3n) is 4.74. The molecule has 0 unspecified atom stereocenters. The molecule has 1 saturated heterocycles. The minimum atomic E-state index is -0.119. The fourth-order valence-corrected chi connectivity index (χ4v) is 3.57. The van der Waals surface area contributed by atoms with E-state index in [-0.39, 0.29) is 5.60 Å². The molecule has 5 nitrogen and oxygen atoms in total. The zero-order valence-corrected chi connectivity index (χ0v) is 14.9. The summed E-state index contributed by atoms with van der Waals surface area (Å²) in [5.74, 6) is 2.04. The fourth-order valence-electron chi connectivity index (χ4n) is 3.57. The molecule has 0 saturated carbocycles. The van der Waals surface area contributed by atoms with Gasteiger partial charge in [0.15, 0.2) is 5.82 Å². The summed E-state index contributed by atoms with van der Waals surface area (Å²) in [4.78, 5) is 6.87. The van der Waals surface area contributed by atoms with E-state index in [0.29, 0.717) is 0 Å². The van der Waals surface area contributed by atoms with Crippen molar-refractivity contribution in [1.29, 1.82) is 0 Å². The second-order valence-corrected chi connectivity index (χ2v) is 7.27. The second kappa shape index (κ2) is 6.56. The standard InChI is InChI=1S/C20H25N3O2/c1-20(2)13-15-5-3-6-16(18(15)25-20)14-22-17-7-4-8-21-19(17)23-9-11-24-12-10-23/h3-8,22H,9-14H2,1-2H3. The van der Waals surface area contributed by atoms with Crippen LogP contribution in [0.4, 0.5) is 11.5 Å². The Bertz CT molecular complexity index is 754. The molecule has 0 atom stereocenters. The van der Waals surface area contributed by atoms with Crippen molar-refractivity contribution in [3.63, 3.8) is 0 Å². The van der Waals surface area contributed by atoms with E-state index < -0.39 is 0 Å². The van der Waals surface area contributed by atoms with E-state index in [4.69, 9.17) is 9.47 Å². The van der Waals surface area contributed by atoms with Gasteiger partial charge in [-0.25, -0.2) is 4.98 Å². The number of fused-ring (bicyclic) bond motifs is 1. The molecule has 0 spiro atoms. The van der Waals surface area contributed by atoms with Crippen molar-refractivity contribution < 1.29 is 9.47 Å². The Morgan fingerprint density at radius 3 is 2.84 bits per heavy atom. The summed E-state index contributed by atoms with van der Waals surface area (Å²) in [6.07, 6.45) is 2.81. The number of benzene rings is 1. The van der Waals surface area contributed by atoms with Gasteiger partial charge in [0.1, 0.15) is 11.4 Å². The van der Waals surface area contributed by atoms with Crippen molar-refractivity contribution >= 4 is 11.5 Å². The summed E-state index contributed by atoms with van der Waals surface area (Å²) in [5.41, 5.74) is 3.43. The quantitative estimate of drug-likeness (QED) is 0.926. The molecule has 2 aliphatic rings. The van der Waals surface area contributed by atoms with E-state index in [9.17, 15) is 0 Å². The number of hydrogen-bond acceptors (Lipinski definition) is 5. The van der Waals surface area contributed by atoms with Gasteiger partial charge in [-0.2, -0.15) is 0 Å². The minimum absolute atomic E-state index is 0.119. The first-order chi connectivity index (χ1) is 12.1. The van der Waals surface area contributed by atoms with Gasteiger partial charge in [0.25, 0.3) is 0 Å². The molecule has 1 N–H and O–H groups in total. The summed E-state index contributed by atoms with van der Waals surface area (Å²) >= 11 is 0. The fraction of sp³-hybridized carbons (Fsp3) is 0.450. The van der Waals surface area contributed by atoms with E-state index in [0.717, 1.165) is 56.5 Å². The highest BCUT2D eigenvalue weighted by Crippen LogP contribution is 2.38. The van der Waals surface area contributed by atoms with Crippen molar-refractivity contribution in [2.75, 3.05) is 36.5 Å². The number of rotatable bonds is 4. The van der Waals surface area contributed by atoms with Crippen LogP contribution in [0.3, 0.4) is 0 Å². The largest absolute Gasteiger partial charge is 0.487 e. The Hall–Kier alpha value is -2.27. The SMILES string of the molecule is CC1(C)Cc2cccc(CNc3cccnc3N3CCOCC3)c2O1. The molecule has 25 heavy (non-hydrogen) atoms. The number of hydrogen-bond donors (Lipinski definition) is 1. The van der Waals surface area contributed by atoms with Crippen molar-refractivity contribution in [3.8, 4) is 5.75 Å². The van der Waals surface area contributed by atoms with E-state index in [1.807, 2.05) is 12.3 Å². The first-order valence-electron chi connectivity index (χ1n) is 8.94. The molecule has 1 fully saturated rings. The van der Waals surface area contributed by atoms with Crippen LogP contribution in [-0.2, 0) is 17.7 Å². The summed E-state index contributed by atoms with van der Waals surface area (Å²) in [7, 11) is 0. The van der Waals surface area contributed by atoms with Crippen LogP contribution in [0.15, 0.2) is 36.5 Å². The summed E-state index contributed by atoms with van der Waals surface area (Å²) in [6, 6.07) is 10.5. The van der Waals surface area contributed by atoms with Gasteiger partial charge in [-0.1, -0.05) is 18.2 Å². The van der Waals surface area contributed by atoms with Crippen molar-refractivity contribution in [2.45, 2.75) is 32.4 Å². The maximum absolute atomic E-state index is 6.18. The highest BCUT2D eigenvalue weighted by Gasteiger charge is 2.31. The molecule has 4 rings (SSSR count). The number of ether oxygens (including phenoxy) is 2. The molecule has 1 aromatic carbocycles. The van der Waals surface area contributed by atoms with Gasteiger partial charge in [-0.15, -0.1) is 0 Å². The lowest BCUT2D eigenvalue weighted by Gasteiger charge is -2.29. The predicted octanol–water partition coefficient (Wildman–Crippen LogP) is 3.24. The molecular weight excluding hydrogens is 314 g/mol. The number of nitrogens with one attached hydrogen (secondary N) is 1. The average Bonchev–Trinajstić information content (AvgIpc) is 2.95. The lowest BCUT2D eigenvalue weighted by atomic mass is 10.0. The van der Waals surface area contributed by atoms with E-state index in [2.05, 4.69) is 53.3 Å². The predicted molar refractivity (Wildman–Crippen MR) is 99.4 cm³/mol. The first-order valence-corrected chi connectivity index (χ1v) is 8.94. The van der Waals surface area contributed by atoms with Gasteiger partial charge in [-0.3, -0.25) is 0 Å². The molecule has 0 bridgehead atoms. The molecule has 2 aliphatic heterocycles. The zero-order chi connectivity index (χ0) is 17.3. The number of pyridine rings is 1. The molecule has 5 heteroatoms. The third kappa shape index (κ3) is 3.42. The maximum Gasteiger partial charge on any atom is 0.152 e. The average molecular weight is 339 g/mol. The third-order valence-corrected chi connectivity index (χ3v) is 4.74. The smallest absolute Gasteiger partial charge is 0.152 e. The number of nitrogens with zero attached hydrogens (tertiary/aromatic N) is 2. The van der Waals surface area contributed by atoms with Crippen LogP contribution in [0.25, 0.3) is 0 Å². The normalized spacial score (nSPS) is 18.6. The van der Waals surface area contributed by atoms with E-state index >= 15 is 0 Å². The molecule has 2 aromatic rings. The zero-order valence-electron chi connectivity index (χ0n) is 14.9. The van der Waals surface area contributed by atoms with Crippen LogP contribution < -0.4 is 15.0 Å². The Kier molecular flexibility index (Phi) is 4.25. The van der Waals surface area contributed by atoms with Gasteiger partial charge in [0.05, 0.1) is 18.9 Å². The van der Waals surface area contributed by atoms with Crippen molar-refractivity contribution in [1.82, 2.24) is 4.98 Å². The molecule has 0 radical (unpaired) electrons. The molecule has 1 aromatic heterocycles. The maximum atomic E-state index is 6.18. The highest BCUT2D eigenvalue weighted by molar-refractivity contribution is 5.66. The Balaban J connectivity index is 1.53. The Labute approximate surface area is 149 Å². The number of aromatic nitrogens is 1. The van der Waals surface area contributed by atoms with Gasteiger partial charge < -0.3 is 19.7 Å². The number of anilines is 2. The van der Waals surface area contributed by atoms with Gasteiger partial charge >= 0.3 is 0 Å². The van der Waals surface area contributed by atoms with Crippen LogP contribution in [0, 0.1) is 0 Å². The van der Waals surface area contributed by atoms with Crippen LogP contribution in [-0.4, -0.2) is 36.9 Å². The molecule has 0 aliphatic carbocycles. The van der Waals surface area contributed by atoms with Crippen molar-refractivity contribution in [3.05, 3.63) is 47.7 Å². The minimum Gasteiger partial charge on any atom is -0.487 e. The molecule has 3 heterocycles. The Morgan fingerprint density at radius 2 is 2.00 bits per heavy atom. The summed E-state index contributed by atoms with van der Waals surface area (Å²) in [6.45, 7) is 8.27. The van der Waals surface area contributed by atoms with Crippen LogP contribution in [0.2, 0.25) is 0 Å². The van der Waals surface area contributed by atoms with Crippen molar-refractivity contribution in [2.24, 2.45) is 0 Å². The topological polar surface area (TPSA) is 46.6 Å². The summed E-state index contributed by atoms with van der Waals surface area (Å²) < 4.78 is 11.6. The second-order valence-electron chi connectivity index (χ2n) is 7.27. The first kappa shape index (κ1) is 16.2. The summed E-state index contributed by atoms with van der Waals surface area (Å²) in [5, 5.41) is 3.56.